The summed E-state index contributed by atoms with van der Waals surface area (Å²) < 4.78 is 5.61. The number of aromatic hydroxyl groups is 1. The van der Waals surface area contributed by atoms with Gasteiger partial charge in [0.25, 0.3) is 0 Å². The van der Waals surface area contributed by atoms with Crippen LogP contribution in [-0.4, -0.2) is 5.11 Å². The third kappa shape index (κ3) is 3.00. The van der Waals surface area contributed by atoms with Crippen LogP contribution in [0.3, 0.4) is 0 Å². The van der Waals surface area contributed by atoms with Crippen LogP contribution in [0.15, 0.2) is 42.5 Å². The van der Waals surface area contributed by atoms with Crippen molar-refractivity contribution in [2.75, 3.05) is 0 Å². The molecule has 0 amide bonds. The van der Waals surface area contributed by atoms with E-state index >= 15 is 0 Å². The monoisotopic (exact) mass is 228 g/mol. The fourth-order valence-electron chi connectivity index (χ4n) is 1.63. The van der Waals surface area contributed by atoms with Gasteiger partial charge in [0.2, 0.25) is 0 Å². The first-order valence-corrected chi connectivity index (χ1v) is 5.63. The van der Waals surface area contributed by atoms with E-state index in [1.807, 2.05) is 6.07 Å². The highest BCUT2D eigenvalue weighted by molar-refractivity contribution is 5.33. The molecule has 0 spiro atoms. The quantitative estimate of drug-likeness (QED) is 0.870. The van der Waals surface area contributed by atoms with Crippen LogP contribution in [0.5, 0.6) is 11.5 Å². The van der Waals surface area contributed by atoms with Crippen molar-refractivity contribution in [2.24, 2.45) is 0 Å². The maximum absolute atomic E-state index is 9.31. The second-order valence-corrected chi connectivity index (χ2v) is 4.20. The number of phenolic OH excluding ortho intramolecular Hbond substituents is 1. The standard InChI is InChI=1S/C15H16O2/c1-11-6-7-13(8-12(11)2)10-17-15-5-3-4-14(16)9-15/h3-9,16H,10H2,1-2H3. The van der Waals surface area contributed by atoms with Crippen LogP contribution in [0.25, 0.3) is 0 Å². The molecule has 0 saturated heterocycles. The van der Waals surface area contributed by atoms with Crippen molar-refractivity contribution < 1.29 is 9.84 Å². The highest BCUT2D eigenvalue weighted by Gasteiger charge is 1.99. The maximum Gasteiger partial charge on any atom is 0.123 e. The Balaban J connectivity index is 2.05. The molecule has 0 aliphatic carbocycles. The van der Waals surface area contributed by atoms with Gasteiger partial charge in [-0.25, -0.2) is 0 Å². The third-order valence-corrected chi connectivity index (χ3v) is 2.79. The molecule has 17 heavy (non-hydrogen) atoms. The van der Waals surface area contributed by atoms with Crippen LogP contribution in [0.1, 0.15) is 16.7 Å². The molecule has 0 aromatic heterocycles. The van der Waals surface area contributed by atoms with E-state index in [0.29, 0.717) is 12.4 Å². The summed E-state index contributed by atoms with van der Waals surface area (Å²) in [6, 6.07) is 13.1. The first kappa shape index (κ1) is 11.5. The zero-order valence-corrected chi connectivity index (χ0v) is 10.1. The van der Waals surface area contributed by atoms with Crippen molar-refractivity contribution >= 4 is 0 Å². The molecule has 2 nitrogen and oxygen atoms in total. The Morgan fingerprint density at radius 3 is 2.53 bits per heavy atom. The summed E-state index contributed by atoms with van der Waals surface area (Å²) in [6.07, 6.45) is 0. The van der Waals surface area contributed by atoms with Gasteiger partial charge in [0.15, 0.2) is 0 Å². The molecule has 2 aromatic rings. The molecule has 0 saturated carbocycles. The molecule has 2 aromatic carbocycles. The molecule has 0 aliphatic heterocycles. The van der Waals surface area contributed by atoms with Gasteiger partial charge in [-0.05, 0) is 42.7 Å². The minimum atomic E-state index is 0.225. The molecule has 1 N–H and O–H groups in total. The Kier molecular flexibility index (Phi) is 3.33. The van der Waals surface area contributed by atoms with Crippen LogP contribution in [-0.2, 0) is 6.61 Å². The fourth-order valence-corrected chi connectivity index (χ4v) is 1.63. The predicted molar refractivity (Wildman–Crippen MR) is 68.4 cm³/mol. The zero-order chi connectivity index (χ0) is 12.3. The molecule has 2 heteroatoms. The van der Waals surface area contributed by atoms with Gasteiger partial charge in [-0.2, -0.15) is 0 Å². The van der Waals surface area contributed by atoms with E-state index in [1.165, 1.54) is 11.1 Å². The van der Waals surface area contributed by atoms with Crippen molar-refractivity contribution in [3.8, 4) is 11.5 Å². The van der Waals surface area contributed by atoms with Gasteiger partial charge in [0, 0.05) is 6.07 Å². The SMILES string of the molecule is Cc1ccc(COc2cccc(O)c2)cc1C. The van der Waals surface area contributed by atoms with Gasteiger partial charge < -0.3 is 9.84 Å². The summed E-state index contributed by atoms with van der Waals surface area (Å²) in [5.74, 6) is 0.908. The Hall–Kier alpha value is -1.96. The van der Waals surface area contributed by atoms with Crippen LogP contribution in [0.2, 0.25) is 0 Å². The van der Waals surface area contributed by atoms with Gasteiger partial charge in [0.1, 0.15) is 18.1 Å². The number of rotatable bonds is 3. The average Bonchev–Trinajstić information content (AvgIpc) is 2.31. The highest BCUT2D eigenvalue weighted by Crippen LogP contribution is 2.19. The molecular formula is C15H16O2. The minimum Gasteiger partial charge on any atom is -0.508 e. The summed E-state index contributed by atoms with van der Waals surface area (Å²) >= 11 is 0. The van der Waals surface area contributed by atoms with Gasteiger partial charge >= 0.3 is 0 Å². The van der Waals surface area contributed by atoms with E-state index in [9.17, 15) is 5.11 Å². The fraction of sp³-hybridized carbons (Fsp3) is 0.200. The molecule has 0 bridgehead atoms. The number of benzene rings is 2. The summed E-state index contributed by atoms with van der Waals surface area (Å²) in [4.78, 5) is 0. The van der Waals surface area contributed by atoms with Crippen molar-refractivity contribution in [1.82, 2.24) is 0 Å². The first-order chi connectivity index (χ1) is 8.15. The molecule has 2 rings (SSSR count). The lowest BCUT2D eigenvalue weighted by Crippen LogP contribution is -1.96. The summed E-state index contributed by atoms with van der Waals surface area (Å²) in [5, 5.41) is 9.31. The van der Waals surface area contributed by atoms with Crippen LogP contribution in [0, 0.1) is 13.8 Å². The second-order valence-electron chi connectivity index (χ2n) is 4.20. The summed E-state index contributed by atoms with van der Waals surface area (Å²) in [6.45, 7) is 4.70. The van der Waals surface area contributed by atoms with E-state index in [4.69, 9.17) is 4.74 Å². The van der Waals surface area contributed by atoms with Crippen LogP contribution >= 0.6 is 0 Å². The Bertz CT molecular complexity index is 518. The predicted octanol–water partition coefficient (Wildman–Crippen LogP) is 3.59. The van der Waals surface area contributed by atoms with E-state index in [1.54, 1.807) is 18.2 Å². The molecule has 0 aliphatic rings. The zero-order valence-electron chi connectivity index (χ0n) is 10.1. The summed E-state index contributed by atoms with van der Waals surface area (Å²) in [5.41, 5.74) is 3.68. The van der Waals surface area contributed by atoms with Gasteiger partial charge in [-0.1, -0.05) is 24.3 Å². The Morgan fingerprint density at radius 2 is 1.82 bits per heavy atom. The number of ether oxygens (including phenoxy) is 1. The van der Waals surface area contributed by atoms with Crippen molar-refractivity contribution in [2.45, 2.75) is 20.5 Å². The minimum absolute atomic E-state index is 0.225. The molecular weight excluding hydrogens is 212 g/mol. The molecule has 0 radical (unpaired) electrons. The van der Waals surface area contributed by atoms with Crippen LogP contribution < -0.4 is 4.74 Å². The van der Waals surface area contributed by atoms with Gasteiger partial charge in [-0.15, -0.1) is 0 Å². The Morgan fingerprint density at radius 1 is 1.00 bits per heavy atom. The number of phenols is 1. The second kappa shape index (κ2) is 4.91. The van der Waals surface area contributed by atoms with Crippen LogP contribution in [0.4, 0.5) is 0 Å². The van der Waals surface area contributed by atoms with E-state index in [0.717, 1.165) is 5.56 Å². The lowest BCUT2D eigenvalue weighted by atomic mass is 10.1. The maximum atomic E-state index is 9.31. The average molecular weight is 228 g/mol. The van der Waals surface area contributed by atoms with Crippen molar-refractivity contribution in [1.29, 1.82) is 0 Å². The molecule has 0 fully saturated rings. The largest absolute Gasteiger partial charge is 0.508 e. The lowest BCUT2D eigenvalue weighted by molar-refractivity contribution is 0.304. The normalized spacial score (nSPS) is 10.2. The molecule has 0 unspecified atom stereocenters. The van der Waals surface area contributed by atoms with E-state index < -0.39 is 0 Å². The molecule has 88 valence electrons. The molecule has 0 atom stereocenters. The van der Waals surface area contributed by atoms with E-state index in [2.05, 4.69) is 32.0 Å². The first-order valence-electron chi connectivity index (χ1n) is 5.63. The van der Waals surface area contributed by atoms with Gasteiger partial charge in [-0.3, -0.25) is 0 Å². The lowest BCUT2D eigenvalue weighted by Gasteiger charge is -2.08. The highest BCUT2D eigenvalue weighted by atomic mass is 16.5. The topological polar surface area (TPSA) is 29.5 Å². The number of aryl methyl sites for hydroxylation is 2. The number of hydrogen-bond donors (Lipinski definition) is 1. The Labute approximate surface area is 101 Å². The molecule has 0 heterocycles. The van der Waals surface area contributed by atoms with Gasteiger partial charge in [0.05, 0.1) is 0 Å². The number of hydrogen-bond acceptors (Lipinski definition) is 2. The van der Waals surface area contributed by atoms with Crippen molar-refractivity contribution in [3.05, 3.63) is 59.2 Å². The summed E-state index contributed by atoms with van der Waals surface area (Å²) in [7, 11) is 0. The smallest absolute Gasteiger partial charge is 0.123 e. The third-order valence-electron chi connectivity index (χ3n) is 2.79. The van der Waals surface area contributed by atoms with E-state index in [-0.39, 0.29) is 5.75 Å². The van der Waals surface area contributed by atoms with Crippen molar-refractivity contribution in [3.63, 3.8) is 0 Å².